The lowest BCUT2D eigenvalue weighted by atomic mass is 9.77. The Bertz CT molecular complexity index is 269. The van der Waals surface area contributed by atoms with Crippen LogP contribution in [0.25, 0.3) is 0 Å². The summed E-state index contributed by atoms with van der Waals surface area (Å²) in [6.07, 6.45) is 3.94. The van der Waals surface area contributed by atoms with Crippen molar-refractivity contribution in [1.29, 1.82) is 0 Å². The van der Waals surface area contributed by atoms with Crippen molar-refractivity contribution in [2.75, 3.05) is 0 Å². The zero-order chi connectivity index (χ0) is 8.06. The highest BCUT2D eigenvalue weighted by Gasteiger charge is 2.48. The molecule has 2 heteroatoms. The zero-order valence-electron chi connectivity index (χ0n) is 6.63. The van der Waals surface area contributed by atoms with E-state index in [9.17, 15) is 4.79 Å². The maximum Gasteiger partial charge on any atom is 0.127 e. The molecule has 2 heterocycles. The summed E-state index contributed by atoms with van der Waals surface area (Å²) in [6.45, 7) is 4.03. The molecule has 0 aromatic rings. The summed E-state index contributed by atoms with van der Waals surface area (Å²) in [5.41, 5.74) is 0.617. The van der Waals surface area contributed by atoms with E-state index in [4.69, 9.17) is 4.74 Å². The molecule has 0 aliphatic carbocycles. The Hall–Kier alpha value is -0.850. The fraction of sp³-hybridized carbons (Fsp3) is 0.556. The van der Waals surface area contributed by atoms with Gasteiger partial charge in [-0.3, -0.25) is 0 Å². The standard InChI is InChI=1S/C9H10O2/c1-9(2)6(5-10)7-3-4-8(9)11-7/h3-4,7-8H,1-2H3. The van der Waals surface area contributed by atoms with Gasteiger partial charge in [0.25, 0.3) is 0 Å². The van der Waals surface area contributed by atoms with Crippen molar-refractivity contribution in [2.24, 2.45) is 5.41 Å². The van der Waals surface area contributed by atoms with Crippen LogP contribution in [-0.2, 0) is 9.53 Å². The average molecular weight is 150 g/mol. The van der Waals surface area contributed by atoms with Gasteiger partial charge in [0, 0.05) is 5.41 Å². The summed E-state index contributed by atoms with van der Waals surface area (Å²) < 4.78 is 5.48. The van der Waals surface area contributed by atoms with Crippen LogP contribution in [0.2, 0.25) is 0 Å². The molecule has 2 atom stereocenters. The van der Waals surface area contributed by atoms with Gasteiger partial charge < -0.3 is 4.74 Å². The summed E-state index contributed by atoms with van der Waals surface area (Å²) in [7, 11) is 0. The Morgan fingerprint density at radius 2 is 2.27 bits per heavy atom. The smallest absolute Gasteiger partial charge is 0.127 e. The Labute approximate surface area is 65.5 Å². The van der Waals surface area contributed by atoms with E-state index in [2.05, 4.69) is 0 Å². The summed E-state index contributed by atoms with van der Waals surface area (Å²) in [5.74, 6) is 1.98. The molecule has 0 spiro atoms. The third-order valence-electron chi connectivity index (χ3n) is 2.55. The molecule has 0 aromatic heterocycles. The molecular formula is C9H10O2. The Morgan fingerprint density at radius 3 is 2.64 bits per heavy atom. The van der Waals surface area contributed by atoms with Crippen molar-refractivity contribution >= 4 is 5.94 Å². The fourth-order valence-corrected chi connectivity index (χ4v) is 1.73. The average Bonchev–Trinajstić information content (AvgIpc) is 2.44. The van der Waals surface area contributed by atoms with Crippen LogP contribution < -0.4 is 0 Å². The van der Waals surface area contributed by atoms with E-state index in [1.54, 1.807) is 0 Å². The normalized spacial score (nSPS) is 37.8. The highest BCUT2D eigenvalue weighted by atomic mass is 16.5. The minimum Gasteiger partial charge on any atom is -0.361 e. The maximum absolute atomic E-state index is 10.5. The van der Waals surface area contributed by atoms with Gasteiger partial charge in [0.05, 0.1) is 11.7 Å². The van der Waals surface area contributed by atoms with Crippen LogP contribution in [0.1, 0.15) is 13.8 Å². The Morgan fingerprint density at radius 1 is 1.55 bits per heavy atom. The summed E-state index contributed by atoms with van der Waals surface area (Å²) >= 11 is 0. The van der Waals surface area contributed by atoms with Gasteiger partial charge in [-0.05, 0) is 0 Å². The first-order chi connectivity index (χ1) is 5.16. The van der Waals surface area contributed by atoms with Crippen LogP contribution in [0.3, 0.4) is 0 Å². The molecule has 0 amide bonds. The van der Waals surface area contributed by atoms with Gasteiger partial charge in [-0.15, -0.1) is 0 Å². The van der Waals surface area contributed by atoms with Crippen molar-refractivity contribution in [3.8, 4) is 0 Å². The third kappa shape index (κ3) is 0.684. The van der Waals surface area contributed by atoms with Gasteiger partial charge >= 0.3 is 0 Å². The topological polar surface area (TPSA) is 26.3 Å². The van der Waals surface area contributed by atoms with Gasteiger partial charge in [-0.25, -0.2) is 4.79 Å². The van der Waals surface area contributed by atoms with E-state index >= 15 is 0 Å². The second-order valence-corrected chi connectivity index (χ2v) is 3.60. The van der Waals surface area contributed by atoms with Crippen LogP contribution in [0.4, 0.5) is 0 Å². The predicted octanol–water partition coefficient (Wildman–Crippen LogP) is 1.11. The summed E-state index contributed by atoms with van der Waals surface area (Å²) in [6, 6.07) is 0. The van der Waals surface area contributed by atoms with Crippen LogP contribution >= 0.6 is 0 Å². The predicted molar refractivity (Wildman–Crippen MR) is 40.8 cm³/mol. The lowest BCUT2D eigenvalue weighted by Crippen LogP contribution is -2.25. The second kappa shape index (κ2) is 1.84. The largest absolute Gasteiger partial charge is 0.361 e. The van der Waals surface area contributed by atoms with Gasteiger partial charge in [0.15, 0.2) is 0 Å². The van der Waals surface area contributed by atoms with Gasteiger partial charge in [0.2, 0.25) is 0 Å². The zero-order valence-corrected chi connectivity index (χ0v) is 6.63. The van der Waals surface area contributed by atoms with Gasteiger partial charge in [0.1, 0.15) is 12.0 Å². The first kappa shape index (κ1) is 6.84. The molecule has 2 rings (SSSR count). The van der Waals surface area contributed by atoms with Crippen LogP contribution in [0, 0.1) is 5.41 Å². The molecule has 2 aliphatic heterocycles. The first-order valence-corrected chi connectivity index (χ1v) is 3.75. The highest BCUT2D eigenvalue weighted by molar-refractivity contribution is 5.61. The molecule has 0 N–H and O–H groups in total. The molecule has 1 fully saturated rings. The molecule has 0 saturated carbocycles. The SMILES string of the molecule is CC1(C)C(=C=O)C2C=CC1O2. The number of carbonyl (C=O) groups excluding carboxylic acids is 1. The monoisotopic (exact) mass is 150 g/mol. The van der Waals surface area contributed by atoms with Crippen LogP contribution in [-0.4, -0.2) is 18.1 Å². The second-order valence-electron chi connectivity index (χ2n) is 3.60. The van der Waals surface area contributed by atoms with E-state index in [0.717, 1.165) is 5.57 Å². The van der Waals surface area contributed by atoms with E-state index in [-0.39, 0.29) is 17.6 Å². The molecule has 1 saturated heterocycles. The first-order valence-electron chi connectivity index (χ1n) is 3.75. The lowest BCUT2D eigenvalue weighted by Gasteiger charge is -2.23. The van der Waals surface area contributed by atoms with Gasteiger partial charge in [-0.2, -0.15) is 0 Å². The molecule has 0 radical (unpaired) electrons. The fourth-order valence-electron chi connectivity index (χ4n) is 1.73. The van der Waals surface area contributed by atoms with E-state index in [1.807, 2.05) is 31.9 Å². The molecule has 2 nitrogen and oxygen atoms in total. The van der Waals surface area contributed by atoms with Crippen molar-refractivity contribution in [2.45, 2.75) is 26.1 Å². The van der Waals surface area contributed by atoms with Gasteiger partial charge in [-0.1, -0.05) is 26.0 Å². The number of hydrogen-bond acceptors (Lipinski definition) is 2. The molecular weight excluding hydrogens is 140 g/mol. The van der Waals surface area contributed by atoms with E-state index in [0.29, 0.717) is 0 Å². The lowest BCUT2D eigenvalue weighted by molar-refractivity contribution is 0.0912. The Balaban J connectivity index is 2.52. The van der Waals surface area contributed by atoms with Crippen LogP contribution in [0.5, 0.6) is 0 Å². The number of hydrogen-bond donors (Lipinski definition) is 0. The minimum atomic E-state index is -0.138. The van der Waals surface area contributed by atoms with Crippen molar-refractivity contribution in [1.82, 2.24) is 0 Å². The number of rotatable bonds is 0. The molecule has 2 aliphatic rings. The molecule has 0 aromatic carbocycles. The minimum absolute atomic E-state index is 0.0870. The van der Waals surface area contributed by atoms with Crippen molar-refractivity contribution in [3.63, 3.8) is 0 Å². The summed E-state index contributed by atoms with van der Waals surface area (Å²) in [5, 5.41) is 0. The summed E-state index contributed by atoms with van der Waals surface area (Å²) in [4.78, 5) is 10.5. The van der Waals surface area contributed by atoms with E-state index < -0.39 is 0 Å². The molecule has 11 heavy (non-hydrogen) atoms. The number of ether oxygens (including phenoxy) is 1. The quantitative estimate of drug-likeness (QED) is 0.382. The van der Waals surface area contributed by atoms with Crippen molar-refractivity contribution in [3.05, 3.63) is 17.7 Å². The highest BCUT2D eigenvalue weighted by Crippen LogP contribution is 2.46. The molecule has 58 valence electrons. The molecule has 2 unspecified atom stereocenters. The van der Waals surface area contributed by atoms with Crippen LogP contribution in [0.15, 0.2) is 17.7 Å². The van der Waals surface area contributed by atoms with E-state index in [1.165, 1.54) is 0 Å². The van der Waals surface area contributed by atoms with Crippen molar-refractivity contribution < 1.29 is 9.53 Å². The maximum atomic E-state index is 10.5. The third-order valence-corrected chi connectivity index (χ3v) is 2.55. The molecule has 2 bridgehead atoms. The Kier molecular flexibility index (Phi) is 1.15. The number of fused-ring (bicyclic) bond motifs is 2.